The van der Waals surface area contributed by atoms with Crippen LogP contribution in [0.25, 0.3) is 0 Å². The van der Waals surface area contributed by atoms with Gasteiger partial charge in [0.2, 0.25) is 0 Å². The summed E-state index contributed by atoms with van der Waals surface area (Å²) < 4.78 is 0. The zero-order valence-electron chi connectivity index (χ0n) is 12.7. The summed E-state index contributed by atoms with van der Waals surface area (Å²) in [6.07, 6.45) is 0.745. The minimum atomic E-state index is -0.828. The molecule has 0 saturated carbocycles. The summed E-state index contributed by atoms with van der Waals surface area (Å²) in [5, 5.41) is 5.63. The third kappa shape index (κ3) is 4.03. The first-order chi connectivity index (χ1) is 10.9. The van der Waals surface area contributed by atoms with Crippen LogP contribution in [0.1, 0.15) is 18.1 Å². The molecule has 0 radical (unpaired) electrons. The number of benzene rings is 2. The lowest BCUT2D eigenvalue weighted by Crippen LogP contribution is -2.30. The van der Waals surface area contributed by atoms with Crippen LogP contribution in [0.4, 0.5) is 11.4 Å². The third-order valence-corrected chi connectivity index (χ3v) is 4.02. The van der Waals surface area contributed by atoms with Crippen LogP contribution in [0.3, 0.4) is 0 Å². The highest BCUT2D eigenvalue weighted by molar-refractivity contribution is 6.46. The maximum Gasteiger partial charge on any atom is 0.314 e. The number of para-hydroxylation sites is 2. The molecule has 0 aliphatic rings. The summed E-state index contributed by atoms with van der Waals surface area (Å²) in [6.45, 7) is 3.85. The van der Waals surface area contributed by atoms with Gasteiger partial charge in [-0.1, -0.05) is 54.4 Å². The van der Waals surface area contributed by atoms with E-state index in [1.54, 1.807) is 18.2 Å². The molecule has 2 amide bonds. The van der Waals surface area contributed by atoms with Gasteiger partial charge in [0.25, 0.3) is 0 Å². The second-order valence-electron chi connectivity index (χ2n) is 4.97. The van der Waals surface area contributed by atoms with Crippen molar-refractivity contribution in [3.8, 4) is 0 Å². The molecule has 0 saturated heterocycles. The number of rotatable bonds is 3. The molecule has 0 aromatic heterocycles. The predicted molar refractivity (Wildman–Crippen MR) is 94.3 cm³/mol. The number of nitrogens with one attached hydrogen (secondary N) is 2. The van der Waals surface area contributed by atoms with E-state index in [1.807, 2.05) is 32.0 Å². The highest BCUT2D eigenvalue weighted by atomic mass is 35.5. The van der Waals surface area contributed by atoms with Crippen LogP contribution >= 0.6 is 23.2 Å². The van der Waals surface area contributed by atoms with Crippen molar-refractivity contribution in [2.45, 2.75) is 20.3 Å². The molecule has 0 heterocycles. The lowest BCUT2D eigenvalue weighted by molar-refractivity contribution is -0.133. The van der Waals surface area contributed by atoms with Crippen LogP contribution in [0.15, 0.2) is 36.4 Å². The molecular formula is C17H16Cl2N2O2. The van der Waals surface area contributed by atoms with Crippen LogP contribution in [0.5, 0.6) is 0 Å². The number of amides is 2. The minimum Gasteiger partial charge on any atom is -0.317 e. The summed E-state index contributed by atoms with van der Waals surface area (Å²) >= 11 is 12.0. The van der Waals surface area contributed by atoms with E-state index in [0.717, 1.165) is 17.5 Å². The number of anilines is 2. The van der Waals surface area contributed by atoms with Crippen LogP contribution in [-0.4, -0.2) is 11.8 Å². The second-order valence-corrected chi connectivity index (χ2v) is 5.78. The van der Waals surface area contributed by atoms with E-state index in [1.165, 1.54) is 0 Å². The number of hydrogen-bond donors (Lipinski definition) is 2. The number of carbonyl (C=O) groups excluding carboxylic acids is 2. The average Bonchev–Trinajstić information content (AvgIpc) is 2.52. The zero-order chi connectivity index (χ0) is 17.0. The van der Waals surface area contributed by atoms with Gasteiger partial charge in [-0.15, -0.1) is 0 Å². The van der Waals surface area contributed by atoms with Gasteiger partial charge in [0, 0.05) is 5.69 Å². The molecule has 0 aliphatic carbocycles. The number of aryl methyl sites for hydroxylation is 2. The number of carbonyl (C=O) groups is 2. The maximum atomic E-state index is 12.2. The third-order valence-electron chi connectivity index (χ3n) is 3.39. The van der Waals surface area contributed by atoms with E-state index in [4.69, 9.17) is 23.2 Å². The van der Waals surface area contributed by atoms with Crippen molar-refractivity contribution in [3.63, 3.8) is 0 Å². The van der Waals surface area contributed by atoms with Gasteiger partial charge < -0.3 is 10.6 Å². The number of hydrogen-bond acceptors (Lipinski definition) is 2. The van der Waals surface area contributed by atoms with Crippen molar-refractivity contribution >= 4 is 46.4 Å². The Kier molecular flexibility index (Phi) is 5.64. The molecular weight excluding hydrogens is 335 g/mol. The molecule has 0 bridgehead atoms. The first-order valence-electron chi connectivity index (χ1n) is 7.08. The van der Waals surface area contributed by atoms with Crippen molar-refractivity contribution in [3.05, 3.63) is 57.6 Å². The summed E-state index contributed by atoms with van der Waals surface area (Å²) in [4.78, 5) is 24.2. The highest BCUT2D eigenvalue weighted by Gasteiger charge is 2.18. The average molecular weight is 351 g/mol. The first-order valence-corrected chi connectivity index (χ1v) is 7.84. The normalized spacial score (nSPS) is 10.3. The van der Waals surface area contributed by atoms with Crippen LogP contribution < -0.4 is 10.6 Å². The van der Waals surface area contributed by atoms with E-state index >= 15 is 0 Å². The van der Waals surface area contributed by atoms with Gasteiger partial charge in [-0.2, -0.15) is 0 Å². The van der Waals surface area contributed by atoms with Gasteiger partial charge in [0.05, 0.1) is 15.7 Å². The standard InChI is InChI=1S/C17H16Cl2N2O2/c1-3-11-7-4-6-10(2)14(11)20-16(22)17(23)21-15-12(18)8-5-9-13(15)19/h4-9H,3H2,1-2H3,(H,20,22)(H,21,23). The van der Waals surface area contributed by atoms with Gasteiger partial charge in [0.15, 0.2) is 0 Å². The molecule has 120 valence electrons. The topological polar surface area (TPSA) is 58.2 Å². The van der Waals surface area contributed by atoms with Crippen molar-refractivity contribution in [1.82, 2.24) is 0 Å². The van der Waals surface area contributed by atoms with E-state index in [2.05, 4.69) is 10.6 Å². The molecule has 0 fully saturated rings. The SMILES string of the molecule is CCc1cccc(C)c1NC(=O)C(=O)Nc1c(Cl)cccc1Cl. The van der Waals surface area contributed by atoms with Gasteiger partial charge in [-0.25, -0.2) is 0 Å². The van der Waals surface area contributed by atoms with Crippen molar-refractivity contribution in [2.24, 2.45) is 0 Å². The van der Waals surface area contributed by atoms with E-state index in [9.17, 15) is 9.59 Å². The Hall–Kier alpha value is -2.04. The summed E-state index contributed by atoms with van der Waals surface area (Å²) in [7, 11) is 0. The Morgan fingerprint density at radius 3 is 2.00 bits per heavy atom. The Morgan fingerprint density at radius 2 is 1.43 bits per heavy atom. The van der Waals surface area contributed by atoms with Crippen molar-refractivity contribution in [2.75, 3.05) is 10.6 Å². The molecule has 4 nitrogen and oxygen atoms in total. The summed E-state index contributed by atoms with van der Waals surface area (Å²) in [6, 6.07) is 10.5. The fourth-order valence-electron chi connectivity index (χ4n) is 2.16. The fraction of sp³-hybridized carbons (Fsp3) is 0.176. The molecule has 2 aromatic carbocycles. The Labute approximate surface area is 144 Å². The van der Waals surface area contributed by atoms with Crippen molar-refractivity contribution in [1.29, 1.82) is 0 Å². The Balaban J connectivity index is 2.17. The summed E-state index contributed by atoms with van der Waals surface area (Å²) in [5.74, 6) is -1.60. The lowest BCUT2D eigenvalue weighted by Gasteiger charge is -2.13. The van der Waals surface area contributed by atoms with E-state index in [-0.39, 0.29) is 15.7 Å². The quantitative estimate of drug-likeness (QED) is 0.803. The van der Waals surface area contributed by atoms with Crippen LogP contribution in [0, 0.1) is 6.92 Å². The van der Waals surface area contributed by atoms with E-state index < -0.39 is 11.8 Å². The molecule has 6 heteroatoms. The van der Waals surface area contributed by atoms with Crippen LogP contribution in [0.2, 0.25) is 10.0 Å². The number of halogens is 2. The van der Waals surface area contributed by atoms with Gasteiger partial charge in [-0.05, 0) is 36.6 Å². The second kappa shape index (κ2) is 7.49. The molecule has 0 atom stereocenters. The maximum absolute atomic E-state index is 12.2. The molecule has 2 rings (SSSR count). The predicted octanol–water partition coefficient (Wildman–Crippen LogP) is 4.44. The smallest absolute Gasteiger partial charge is 0.314 e. The van der Waals surface area contributed by atoms with Gasteiger partial charge >= 0.3 is 11.8 Å². The van der Waals surface area contributed by atoms with Crippen molar-refractivity contribution < 1.29 is 9.59 Å². The zero-order valence-corrected chi connectivity index (χ0v) is 14.3. The van der Waals surface area contributed by atoms with Gasteiger partial charge in [0.1, 0.15) is 0 Å². The lowest BCUT2D eigenvalue weighted by atomic mass is 10.1. The minimum absolute atomic E-state index is 0.219. The Morgan fingerprint density at radius 1 is 0.913 bits per heavy atom. The molecule has 0 spiro atoms. The largest absolute Gasteiger partial charge is 0.317 e. The van der Waals surface area contributed by atoms with Crippen LogP contribution in [-0.2, 0) is 16.0 Å². The fourth-order valence-corrected chi connectivity index (χ4v) is 2.65. The van der Waals surface area contributed by atoms with E-state index in [0.29, 0.717) is 5.69 Å². The Bertz CT molecular complexity index is 740. The molecule has 2 N–H and O–H groups in total. The summed E-state index contributed by atoms with van der Waals surface area (Å²) in [5.41, 5.74) is 2.72. The first kappa shape index (κ1) is 17.3. The molecule has 0 aliphatic heterocycles. The molecule has 0 unspecified atom stereocenters. The monoisotopic (exact) mass is 350 g/mol. The molecule has 23 heavy (non-hydrogen) atoms. The highest BCUT2D eigenvalue weighted by Crippen LogP contribution is 2.29. The molecule has 2 aromatic rings. The van der Waals surface area contributed by atoms with Gasteiger partial charge in [-0.3, -0.25) is 9.59 Å².